The molecule has 1 amide bonds. The lowest BCUT2D eigenvalue weighted by Gasteiger charge is -2.19. The third-order valence-electron chi connectivity index (χ3n) is 4.26. The lowest BCUT2D eigenvalue weighted by Crippen LogP contribution is -2.32. The Labute approximate surface area is 169 Å². The number of thiazole rings is 1. The summed E-state index contributed by atoms with van der Waals surface area (Å²) in [5.41, 5.74) is -0.732. The van der Waals surface area contributed by atoms with E-state index < -0.39 is 23.6 Å². The van der Waals surface area contributed by atoms with E-state index in [1.807, 2.05) is 0 Å². The fraction of sp³-hybridized carbons (Fsp3) is 0.350. The van der Waals surface area contributed by atoms with Crippen molar-refractivity contribution >= 4 is 33.9 Å². The van der Waals surface area contributed by atoms with E-state index in [-0.39, 0.29) is 28.2 Å². The maximum absolute atomic E-state index is 13.6. The van der Waals surface area contributed by atoms with E-state index in [1.54, 1.807) is 19.9 Å². The highest BCUT2D eigenvalue weighted by Crippen LogP contribution is 2.38. The predicted molar refractivity (Wildman–Crippen MR) is 104 cm³/mol. The Morgan fingerprint density at radius 1 is 1.28 bits per heavy atom. The van der Waals surface area contributed by atoms with Gasteiger partial charge in [0.1, 0.15) is 4.88 Å². The second-order valence-corrected chi connectivity index (χ2v) is 7.47. The number of halogens is 3. The molecular formula is C20H19F3N2O3S. The van der Waals surface area contributed by atoms with Gasteiger partial charge in [0.05, 0.1) is 17.9 Å². The average molecular weight is 424 g/mol. The lowest BCUT2D eigenvalue weighted by molar-refractivity contribution is -0.114. The third-order valence-corrected chi connectivity index (χ3v) is 5.40. The van der Waals surface area contributed by atoms with Gasteiger partial charge < -0.3 is 4.74 Å². The van der Waals surface area contributed by atoms with Crippen molar-refractivity contribution in [2.24, 2.45) is 0 Å². The first-order chi connectivity index (χ1) is 13.7. The molecule has 1 aliphatic carbocycles. The third kappa shape index (κ3) is 4.84. The number of nitrogens with zero attached hydrogens (tertiary/aromatic N) is 2. The molecule has 3 rings (SSSR count). The molecule has 154 valence electrons. The molecule has 1 aromatic heterocycles. The highest BCUT2D eigenvalue weighted by atomic mass is 32.1. The predicted octanol–water partition coefficient (Wildman–Crippen LogP) is 4.77. The number of hydrogen-bond acceptors (Lipinski definition) is 5. The minimum absolute atomic E-state index is 0.0911. The summed E-state index contributed by atoms with van der Waals surface area (Å²) >= 11 is 0.952. The molecule has 1 heterocycles. The topological polar surface area (TPSA) is 59.5 Å². The summed E-state index contributed by atoms with van der Waals surface area (Å²) in [6.45, 7) is 3.45. The van der Waals surface area contributed by atoms with Gasteiger partial charge in [0.15, 0.2) is 5.13 Å². The molecule has 29 heavy (non-hydrogen) atoms. The zero-order valence-electron chi connectivity index (χ0n) is 15.8. The Morgan fingerprint density at radius 3 is 2.48 bits per heavy atom. The van der Waals surface area contributed by atoms with E-state index in [0.717, 1.165) is 11.3 Å². The number of carbonyl (C=O) groups is 2. The molecule has 0 bridgehead atoms. The van der Waals surface area contributed by atoms with Gasteiger partial charge in [-0.2, -0.15) is 13.2 Å². The normalized spacial score (nSPS) is 14.6. The van der Waals surface area contributed by atoms with E-state index in [0.29, 0.717) is 24.6 Å². The van der Waals surface area contributed by atoms with Gasteiger partial charge in [0, 0.05) is 12.1 Å². The molecule has 1 saturated carbocycles. The minimum atomic E-state index is -4.69. The quantitative estimate of drug-likeness (QED) is 0.495. The lowest BCUT2D eigenvalue weighted by atomic mass is 10.0. The Morgan fingerprint density at radius 2 is 1.93 bits per heavy atom. The van der Waals surface area contributed by atoms with Crippen molar-refractivity contribution < 1.29 is 27.5 Å². The maximum atomic E-state index is 13.6. The van der Waals surface area contributed by atoms with Crippen LogP contribution in [0.15, 0.2) is 36.4 Å². The van der Waals surface area contributed by atoms with E-state index >= 15 is 0 Å². The molecule has 9 heteroatoms. The highest BCUT2D eigenvalue weighted by Gasteiger charge is 2.39. The maximum Gasteiger partial charge on any atom is 0.417 e. The van der Waals surface area contributed by atoms with Crippen molar-refractivity contribution in [2.45, 2.75) is 38.9 Å². The number of aryl methyl sites for hydroxylation is 1. The molecule has 2 aromatic rings. The number of hydrogen-bond donors (Lipinski definition) is 0. The van der Waals surface area contributed by atoms with Gasteiger partial charge in [0.2, 0.25) is 0 Å². The fourth-order valence-corrected chi connectivity index (χ4v) is 3.81. The average Bonchev–Trinajstić information content (AvgIpc) is 3.41. The second kappa shape index (κ2) is 8.36. The van der Waals surface area contributed by atoms with E-state index in [2.05, 4.69) is 4.98 Å². The summed E-state index contributed by atoms with van der Waals surface area (Å²) < 4.78 is 45.8. The van der Waals surface area contributed by atoms with Crippen molar-refractivity contribution in [3.8, 4) is 0 Å². The van der Waals surface area contributed by atoms with E-state index in [4.69, 9.17) is 4.74 Å². The molecule has 0 aliphatic heterocycles. The molecule has 1 aromatic carbocycles. The van der Waals surface area contributed by atoms with Crippen LogP contribution >= 0.6 is 11.3 Å². The Balaban J connectivity index is 1.97. The van der Waals surface area contributed by atoms with Crippen molar-refractivity contribution in [3.05, 3.63) is 52.5 Å². The van der Waals surface area contributed by atoms with Crippen LogP contribution in [0.25, 0.3) is 5.57 Å². The Bertz CT molecular complexity index is 934. The number of esters is 1. The monoisotopic (exact) mass is 424 g/mol. The zero-order valence-corrected chi connectivity index (χ0v) is 16.6. The number of rotatable bonds is 6. The van der Waals surface area contributed by atoms with Crippen molar-refractivity contribution in [1.82, 2.24) is 4.98 Å². The van der Waals surface area contributed by atoms with Gasteiger partial charge in [0.25, 0.3) is 5.91 Å². The summed E-state index contributed by atoms with van der Waals surface area (Å²) in [6.07, 6.45) is -2.76. The molecule has 1 fully saturated rings. The fourth-order valence-electron chi connectivity index (χ4n) is 2.77. The molecule has 0 radical (unpaired) electrons. The zero-order chi connectivity index (χ0) is 21.2. The van der Waals surface area contributed by atoms with Crippen molar-refractivity contribution in [2.75, 3.05) is 11.5 Å². The van der Waals surface area contributed by atoms with Gasteiger partial charge in [-0.3, -0.25) is 9.69 Å². The first-order valence-corrected chi connectivity index (χ1v) is 9.86. The van der Waals surface area contributed by atoms with E-state index in [9.17, 15) is 22.8 Å². The van der Waals surface area contributed by atoms with Crippen LogP contribution in [0, 0.1) is 6.92 Å². The molecule has 0 saturated heterocycles. The smallest absolute Gasteiger partial charge is 0.417 e. The van der Waals surface area contributed by atoms with Crippen LogP contribution in [-0.2, 0) is 9.53 Å². The number of aromatic nitrogens is 1. The Hall–Kier alpha value is -2.68. The molecule has 1 aliphatic rings. The number of amides is 1. The largest absolute Gasteiger partial charge is 0.462 e. The second-order valence-electron chi connectivity index (χ2n) is 6.49. The molecular weight excluding hydrogens is 405 g/mol. The van der Waals surface area contributed by atoms with E-state index in [1.165, 1.54) is 29.2 Å². The van der Waals surface area contributed by atoms with Gasteiger partial charge in [-0.05, 0) is 32.3 Å². The van der Waals surface area contributed by atoms with Gasteiger partial charge in [-0.1, -0.05) is 41.7 Å². The van der Waals surface area contributed by atoms with Gasteiger partial charge >= 0.3 is 12.1 Å². The number of allylic oxidation sites excluding steroid dienone is 1. The van der Waals surface area contributed by atoms with Crippen LogP contribution in [0.2, 0.25) is 0 Å². The van der Waals surface area contributed by atoms with Crippen LogP contribution in [0.3, 0.4) is 0 Å². The van der Waals surface area contributed by atoms with Crippen LogP contribution in [0.5, 0.6) is 0 Å². The van der Waals surface area contributed by atoms with Gasteiger partial charge in [-0.15, -0.1) is 0 Å². The molecule has 0 N–H and O–H groups in total. The summed E-state index contributed by atoms with van der Waals surface area (Å²) in [5.74, 6) is -1.37. The number of alkyl halides is 3. The first-order valence-electron chi connectivity index (χ1n) is 9.04. The van der Waals surface area contributed by atoms with Crippen LogP contribution < -0.4 is 4.90 Å². The number of ether oxygens (including phenoxy) is 1. The highest BCUT2D eigenvalue weighted by molar-refractivity contribution is 7.17. The summed E-state index contributed by atoms with van der Waals surface area (Å²) in [7, 11) is 0. The van der Waals surface area contributed by atoms with Crippen LogP contribution in [0.1, 0.15) is 40.7 Å². The summed E-state index contributed by atoms with van der Waals surface area (Å²) in [5, 5.41) is 0.198. The molecule has 0 atom stereocenters. The standard InChI is InChI=1S/C20H19F3N2O3S/c1-3-28-18(27)17-12(2)24-19(29-17)25(14-9-10-14)16(26)11-15(20(21,22)23)13-7-5-4-6-8-13/h4-8,11,14H,3,9-10H2,1-2H3. The van der Waals surface area contributed by atoms with Crippen molar-refractivity contribution in [3.63, 3.8) is 0 Å². The molecule has 5 nitrogen and oxygen atoms in total. The SMILES string of the molecule is CCOC(=O)c1sc(N(C(=O)C=C(c2ccccc2)C(F)(F)F)C2CC2)nc1C. The minimum Gasteiger partial charge on any atom is -0.462 e. The number of benzene rings is 1. The number of anilines is 1. The van der Waals surface area contributed by atoms with Gasteiger partial charge in [-0.25, -0.2) is 9.78 Å². The number of carbonyl (C=O) groups excluding carboxylic acids is 2. The molecule has 0 spiro atoms. The summed E-state index contributed by atoms with van der Waals surface area (Å²) in [4.78, 5) is 30.6. The van der Waals surface area contributed by atoms with Crippen molar-refractivity contribution in [1.29, 1.82) is 0 Å². The molecule has 0 unspecified atom stereocenters. The van der Waals surface area contributed by atoms with Crippen LogP contribution in [0.4, 0.5) is 18.3 Å². The first kappa shape index (κ1) is 21.0. The Kier molecular flexibility index (Phi) is 6.07. The van der Waals surface area contributed by atoms with Crippen LogP contribution in [-0.4, -0.2) is 35.7 Å². The summed E-state index contributed by atoms with van der Waals surface area (Å²) in [6, 6.07) is 6.94.